The lowest BCUT2D eigenvalue weighted by Gasteiger charge is -2.07. The van der Waals surface area contributed by atoms with E-state index in [-0.39, 0.29) is 11.9 Å². The highest BCUT2D eigenvalue weighted by Crippen LogP contribution is 2.19. The van der Waals surface area contributed by atoms with Gasteiger partial charge in [0.1, 0.15) is 0 Å². The monoisotopic (exact) mass is 325 g/mol. The van der Waals surface area contributed by atoms with Crippen molar-refractivity contribution >= 4 is 11.9 Å². The third-order valence-corrected chi connectivity index (χ3v) is 3.61. The SMILES string of the molecule is CCOC(=O)CCCNC(=O)Cc1ccc(-c2ccccc2)cc1. The maximum Gasteiger partial charge on any atom is 0.305 e. The van der Waals surface area contributed by atoms with E-state index in [0.29, 0.717) is 32.4 Å². The summed E-state index contributed by atoms with van der Waals surface area (Å²) in [6.45, 7) is 2.66. The van der Waals surface area contributed by atoms with Crippen molar-refractivity contribution in [2.45, 2.75) is 26.2 Å². The molecule has 1 N–H and O–H groups in total. The van der Waals surface area contributed by atoms with E-state index < -0.39 is 0 Å². The van der Waals surface area contributed by atoms with E-state index in [1.54, 1.807) is 6.92 Å². The van der Waals surface area contributed by atoms with Crippen molar-refractivity contribution in [3.8, 4) is 11.1 Å². The molecule has 0 aromatic heterocycles. The predicted octanol–water partition coefficient (Wildman–Crippen LogP) is 3.36. The Morgan fingerprint density at radius 2 is 1.62 bits per heavy atom. The molecule has 0 saturated carbocycles. The van der Waals surface area contributed by atoms with Crippen LogP contribution in [0.4, 0.5) is 0 Å². The summed E-state index contributed by atoms with van der Waals surface area (Å²) in [5.74, 6) is -0.255. The topological polar surface area (TPSA) is 55.4 Å². The van der Waals surface area contributed by atoms with Crippen LogP contribution in [0.1, 0.15) is 25.3 Å². The van der Waals surface area contributed by atoms with Gasteiger partial charge in [0.05, 0.1) is 13.0 Å². The van der Waals surface area contributed by atoms with Crippen LogP contribution in [0.3, 0.4) is 0 Å². The number of esters is 1. The highest BCUT2D eigenvalue weighted by atomic mass is 16.5. The quantitative estimate of drug-likeness (QED) is 0.598. The predicted molar refractivity (Wildman–Crippen MR) is 94.5 cm³/mol. The Kier molecular flexibility index (Phi) is 7.02. The standard InChI is InChI=1S/C20H23NO3/c1-2-24-20(23)9-6-14-21-19(22)15-16-10-12-18(13-11-16)17-7-4-3-5-8-17/h3-5,7-8,10-13H,2,6,9,14-15H2,1H3,(H,21,22). The zero-order valence-electron chi connectivity index (χ0n) is 14.0. The van der Waals surface area contributed by atoms with Gasteiger partial charge in [-0.2, -0.15) is 0 Å². The summed E-state index contributed by atoms with van der Waals surface area (Å²) in [6, 6.07) is 18.1. The fourth-order valence-electron chi connectivity index (χ4n) is 2.39. The molecule has 2 aromatic carbocycles. The first kappa shape index (κ1) is 17.7. The van der Waals surface area contributed by atoms with E-state index in [4.69, 9.17) is 4.74 Å². The Morgan fingerprint density at radius 1 is 0.958 bits per heavy atom. The van der Waals surface area contributed by atoms with Crippen LogP contribution in [0.2, 0.25) is 0 Å². The first-order chi connectivity index (χ1) is 11.7. The molecule has 4 nitrogen and oxygen atoms in total. The van der Waals surface area contributed by atoms with Crippen molar-refractivity contribution in [1.82, 2.24) is 5.32 Å². The molecule has 0 atom stereocenters. The Labute approximate surface area is 142 Å². The van der Waals surface area contributed by atoms with E-state index in [1.807, 2.05) is 42.5 Å². The number of benzene rings is 2. The second-order valence-corrected chi connectivity index (χ2v) is 5.50. The number of carbonyl (C=O) groups excluding carboxylic acids is 2. The average molecular weight is 325 g/mol. The Morgan fingerprint density at radius 3 is 2.29 bits per heavy atom. The summed E-state index contributed by atoms with van der Waals surface area (Å²) in [4.78, 5) is 23.1. The van der Waals surface area contributed by atoms with Crippen molar-refractivity contribution < 1.29 is 14.3 Å². The number of hydrogen-bond donors (Lipinski definition) is 1. The number of hydrogen-bond acceptors (Lipinski definition) is 3. The molecule has 0 bridgehead atoms. The van der Waals surface area contributed by atoms with Gasteiger partial charge in [-0.3, -0.25) is 9.59 Å². The van der Waals surface area contributed by atoms with Crippen molar-refractivity contribution in [1.29, 1.82) is 0 Å². The number of ether oxygens (including phenoxy) is 1. The van der Waals surface area contributed by atoms with Gasteiger partial charge in [0.15, 0.2) is 0 Å². The molecule has 0 aliphatic heterocycles. The first-order valence-electron chi connectivity index (χ1n) is 8.25. The molecular weight excluding hydrogens is 302 g/mol. The second-order valence-electron chi connectivity index (χ2n) is 5.50. The van der Waals surface area contributed by atoms with E-state index in [0.717, 1.165) is 16.7 Å². The number of nitrogens with one attached hydrogen (secondary N) is 1. The number of rotatable bonds is 8. The minimum absolute atomic E-state index is 0.0358. The zero-order chi connectivity index (χ0) is 17.2. The van der Waals surface area contributed by atoms with Crippen molar-refractivity contribution in [2.24, 2.45) is 0 Å². The van der Waals surface area contributed by atoms with E-state index >= 15 is 0 Å². The third-order valence-electron chi connectivity index (χ3n) is 3.61. The summed E-state index contributed by atoms with van der Waals surface area (Å²) in [5, 5.41) is 2.83. The minimum Gasteiger partial charge on any atom is -0.466 e. The fourth-order valence-corrected chi connectivity index (χ4v) is 2.39. The number of carbonyl (C=O) groups is 2. The molecule has 0 saturated heterocycles. The maximum absolute atomic E-state index is 11.9. The van der Waals surface area contributed by atoms with Gasteiger partial charge in [0.25, 0.3) is 0 Å². The van der Waals surface area contributed by atoms with Gasteiger partial charge in [-0.05, 0) is 30.0 Å². The Balaban J connectivity index is 1.75. The molecule has 4 heteroatoms. The highest BCUT2D eigenvalue weighted by molar-refractivity contribution is 5.79. The third kappa shape index (κ3) is 5.88. The molecule has 24 heavy (non-hydrogen) atoms. The van der Waals surface area contributed by atoms with E-state index in [2.05, 4.69) is 17.4 Å². The molecule has 0 aliphatic rings. The van der Waals surface area contributed by atoms with Crippen LogP contribution >= 0.6 is 0 Å². The number of amides is 1. The molecule has 0 aliphatic carbocycles. The summed E-state index contributed by atoms with van der Waals surface area (Å²) in [5.41, 5.74) is 3.26. The molecule has 0 fully saturated rings. The largest absolute Gasteiger partial charge is 0.466 e. The highest BCUT2D eigenvalue weighted by Gasteiger charge is 2.05. The molecule has 126 valence electrons. The van der Waals surface area contributed by atoms with Crippen LogP contribution < -0.4 is 5.32 Å². The Hall–Kier alpha value is -2.62. The van der Waals surface area contributed by atoms with Crippen LogP contribution in [-0.4, -0.2) is 25.0 Å². The van der Waals surface area contributed by atoms with Gasteiger partial charge in [-0.15, -0.1) is 0 Å². The summed E-state index contributed by atoms with van der Waals surface area (Å²) in [7, 11) is 0. The lowest BCUT2D eigenvalue weighted by molar-refractivity contribution is -0.143. The molecule has 0 radical (unpaired) electrons. The zero-order valence-corrected chi connectivity index (χ0v) is 14.0. The lowest BCUT2D eigenvalue weighted by Crippen LogP contribution is -2.26. The van der Waals surface area contributed by atoms with Crippen LogP contribution in [0.25, 0.3) is 11.1 Å². The van der Waals surface area contributed by atoms with Gasteiger partial charge in [0.2, 0.25) is 5.91 Å². The molecular formula is C20H23NO3. The van der Waals surface area contributed by atoms with Crippen molar-refractivity contribution in [2.75, 3.05) is 13.2 Å². The van der Waals surface area contributed by atoms with Crippen LogP contribution in [0, 0.1) is 0 Å². The molecule has 2 rings (SSSR count). The normalized spacial score (nSPS) is 10.2. The molecule has 0 unspecified atom stereocenters. The van der Waals surface area contributed by atoms with Gasteiger partial charge in [-0.25, -0.2) is 0 Å². The molecule has 0 heterocycles. The maximum atomic E-state index is 11.9. The molecule has 0 spiro atoms. The molecule has 2 aromatic rings. The smallest absolute Gasteiger partial charge is 0.305 e. The minimum atomic E-state index is -0.219. The van der Waals surface area contributed by atoms with Crippen LogP contribution in [-0.2, 0) is 20.7 Å². The summed E-state index contributed by atoms with van der Waals surface area (Å²) < 4.78 is 4.84. The first-order valence-corrected chi connectivity index (χ1v) is 8.25. The second kappa shape index (κ2) is 9.50. The van der Waals surface area contributed by atoms with Crippen LogP contribution in [0.15, 0.2) is 54.6 Å². The van der Waals surface area contributed by atoms with Gasteiger partial charge < -0.3 is 10.1 Å². The fraction of sp³-hybridized carbons (Fsp3) is 0.300. The molecule has 1 amide bonds. The van der Waals surface area contributed by atoms with E-state index in [9.17, 15) is 9.59 Å². The Bertz CT molecular complexity index is 650. The van der Waals surface area contributed by atoms with Crippen molar-refractivity contribution in [3.05, 3.63) is 60.2 Å². The summed E-state index contributed by atoms with van der Waals surface area (Å²) >= 11 is 0. The van der Waals surface area contributed by atoms with Crippen LogP contribution in [0.5, 0.6) is 0 Å². The van der Waals surface area contributed by atoms with E-state index in [1.165, 1.54) is 0 Å². The summed E-state index contributed by atoms with van der Waals surface area (Å²) in [6.07, 6.45) is 1.27. The van der Waals surface area contributed by atoms with Crippen molar-refractivity contribution in [3.63, 3.8) is 0 Å². The lowest BCUT2D eigenvalue weighted by atomic mass is 10.0. The van der Waals surface area contributed by atoms with Gasteiger partial charge in [0, 0.05) is 13.0 Å². The average Bonchev–Trinajstić information content (AvgIpc) is 2.60. The van der Waals surface area contributed by atoms with Gasteiger partial charge in [-0.1, -0.05) is 54.6 Å². The van der Waals surface area contributed by atoms with Gasteiger partial charge >= 0.3 is 5.97 Å².